The second kappa shape index (κ2) is 5.14. The van der Waals surface area contributed by atoms with Crippen LogP contribution in [0.4, 0.5) is 4.39 Å². The van der Waals surface area contributed by atoms with Gasteiger partial charge in [-0.2, -0.15) is 0 Å². The van der Waals surface area contributed by atoms with Crippen molar-refractivity contribution in [3.8, 4) is 11.5 Å². The summed E-state index contributed by atoms with van der Waals surface area (Å²) >= 11 is 0. The molecule has 1 atom stereocenters. The summed E-state index contributed by atoms with van der Waals surface area (Å²) in [5, 5.41) is 3.40. The lowest BCUT2D eigenvalue weighted by Crippen LogP contribution is -2.31. The number of hydrogen-bond donors (Lipinski definition) is 1. The van der Waals surface area contributed by atoms with Crippen LogP contribution >= 0.6 is 0 Å². The first-order valence-electron chi connectivity index (χ1n) is 6.62. The molecule has 0 radical (unpaired) electrons. The second-order valence-corrected chi connectivity index (χ2v) is 4.98. The molecule has 0 saturated carbocycles. The minimum atomic E-state index is -0.324. The lowest BCUT2D eigenvalue weighted by atomic mass is 9.91. The minimum absolute atomic E-state index is 0.294. The molecule has 3 nitrogen and oxygen atoms in total. The molecule has 1 aromatic carbocycles. The van der Waals surface area contributed by atoms with Gasteiger partial charge in [-0.3, -0.25) is 0 Å². The minimum Gasteiger partial charge on any atom is -0.486 e. The van der Waals surface area contributed by atoms with Crippen molar-refractivity contribution < 1.29 is 13.9 Å². The largest absolute Gasteiger partial charge is 0.486 e. The van der Waals surface area contributed by atoms with Gasteiger partial charge in [0.25, 0.3) is 0 Å². The topological polar surface area (TPSA) is 30.5 Å². The third-order valence-corrected chi connectivity index (χ3v) is 3.63. The average Bonchev–Trinajstić information content (AvgIpc) is 2.44. The molecular formula is C14H18FNO2. The highest BCUT2D eigenvalue weighted by molar-refractivity contribution is 5.48. The van der Waals surface area contributed by atoms with Crippen LogP contribution in [0.1, 0.15) is 18.4 Å². The fraction of sp³-hybridized carbons (Fsp3) is 0.571. The molecule has 0 bridgehead atoms. The average molecular weight is 251 g/mol. The molecule has 1 fully saturated rings. The molecule has 2 aliphatic heterocycles. The Hall–Kier alpha value is -1.29. The summed E-state index contributed by atoms with van der Waals surface area (Å²) in [5.74, 6) is 1.20. The Morgan fingerprint density at radius 2 is 2.06 bits per heavy atom. The van der Waals surface area contributed by atoms with E-state index < -0.39 is 0 Å². The molecule has 1 saturated heterocycles. The highest BCUT2D eigenvalue weighted by Crippen LogP contribution is 2.37. The van der Waals surface area contributed by atoms with E-state index >= 15 is 0 Å². The van der Waals surface area contributed by atoms with E-state index in [-0.39, 0.29) is 5.82 Å². The van der Waals surface area contributed by atoms with Gasteiger partial charge in [0.05, 0.1) is 0 Å². The van der Waals surface area contributed by atoms with Crippen LogP contribution in [0.25, 0.3) is 0 Å². The van der Waals surface area contributed by atoms with Crippen LogP contribution in [0.5, 0.6) is 11.5 Å². The predicted molar refractivity (Wildman–Crippen MR) is 66.7 cm³/mol. The lowest BCUT2D eigenvalue weighted by molar-refractivity contribution is 0.162. The first-order valence-corrected chi connectivity index (χ1v) is 6.62. The van der Waals surface area contributed by atoms with E-state index in [1.54, 1.807) is 0 Å². The Morgan fingerprint density at radius 1 is 1.22 bits per heavy atom. The van der Waals surface area contributed by atoms with Gasteiger partial charge < -0.3 is 14.8 Å². The molecule has 4 heteroatoms. The lowest BCUT2D eigenvalue weighted by Gasteiger charge is -2.26. The van der Waals surface area contributed by atoms with E-state index in [2.05, 4.69) is 5.32 Å². The first kappa shape index (κ1) is 11.8. The fourth-order valence-electron chi connectivity index (χ4n) is 2.73. The molecule has 2 aliphatic rings. The quantitative estimate of drug-likeness (QED) is 0.873. The number of ether oxygens (including phenoxy) is 2. The SMILES string of the molecule is Fc1ccc(CC2CCCNC2)c2c1OCCO2. The third kappa shape index (κ3) is 2.29. The van der Waals surface area contributed by atoms with Crippen molar-refractivity contribution >= 4 is 0 Å². The number of benzene rings is 1. The highest BCUT2D eigenvalue weighted by Gasteiger charge is 2.23. The number of halogens is 1. The van der Waals surface area contributed by atoms with Crippen molar-refractivity contribution in [3.63, 3.8) is 0 Å². The van der Waals surface area contributed by atoms with Gasteiger partial charge in [0.1, 0.15) is 13.2 Å². The van der Waals surface area contributed by atoms with E-state index in [1.807, 2.05) is 6.07 Å². The molecule has 1 unspecified atom stereocenters. The molecule has 3 rings (SSSR count). The van der Waals surface area contributed by atoms with Gasteiger partial charge in [-0.25, -0.2) is 4.39 Å². The van der Waals surface area contributed by atoms with Crippen LogP contribution in [-0.2, 0) is 6.42 Å². The summed E-state index contributed by atoms with van der Waals surface area (Å²) in [7, 11) is 0. The second-order valence-electron chi connectivity index (χ2n) is 4.98. The Bertz CT molecular complexity index is 430. The standard InChI is InChI=1S/C14H18FNO2/c15-12-4-3-11(8-10-2-1-5-16-9-10)13-14(12)18-7-6-17-13/h3-4,10,16H,1-2,5-9H2. The van der Waals surface area contributed by atoms with E-state index in [1.165, 1.54) is 18.9 Å². The number of piperidine rings is 1. The van der Waals surface area contributed by atoms with Gasteiger partial charge in [-0.15, -0.1) is 0 Å². The van der Waals surface area contributed by atoms with Crippen molar-refractivity contribution in [3.05, 3.63) is 23.5 Å². The molecule has 0 aromatic heterocycles. The van der Waals surface area contributed by atoms with Crippen molar-refractivity contribution in [2.75, 3.05) is 26.3 Å². The molecule has 1 N–H and O–H groups in total. The summed E-state index contributed by atoms with van der Waals surface area (Å²) in [6, 6.07) is 3.32. The van der Waals surface area contributed by atoms with Gasteiger partial charge in [0.2, 0.25) is 0 Å². The van der Waals surface area contributed by atoms with Gasteiger partial charge in [0.15, 0.2) is 17.3 Å². The highest BCUT2D eigenvalue weighted by atomic mass is 19.1. The normalized spacial score (nSPS) is 22.8. The zero-order valence-corrected chi connectivity index (χ0v) is 10.4. The summed E-state index contributed by atoms with van der Waals surface area (Å²) in [6.07, 6.45) is 3.37. The number of nitrogens with one attached hydrogen (secondary N) is 1. The summed E-state index contributed by atoms with van der Waals surface area (Å²) in [4.78, 5) is 0. The van der Waals surface area contributed by atoms with Crippen molar-refractivity contribution in [2.24, 2.45) is 5.92 Å². The molecule has 98 valence electrons. The predicted octanol–water partition coefficient (Wildman–Crippen LogP) is 2.14. The molecule has 2 heterocycles. The van der Waals surface area contributed by atoms with Gasteiger partial charge in [-0.05, 0) is 49.9 Å². The Balaban J connectivity index is 1.82. The molecule has 0 spiro atoms. The smallest absolute Gasteiger partial charge is 0.197 e. The van der Waals surface area contributed by atoms with E-state index in [0.717, 1.165) is 25.1 Å². The van der Waals surface area contributed by atoms with Crippen molar-refractivity contribution in [1.82, 2.24) is 5.32 Å². The fourth-order valence-corrected chi connectivity index (χ4v) is 2.73. The zero-order valence-electron chi connectivity index (χ0n) is 10.4. The van der Waals surface area contributed by atoms with Crippen LogP contribution in [0.2, 0.25) is 0 Å². The maximum Gasteiger partial charge on any atom is 0.197 e. The number of hydrogen-bond acceptors (Lipinski definition) is 3. The molecular weight excluding hydrogens is 233 g/mol. The van der Waals surface area contributed by atoms with Gasteiger partial charge in [0, 0.05) is 0 Å². The Labute approximate surface area is 106 Å². The molecule has 0 aliphatic carbocycles. The first-order chi connectivity index (χ1) is 8.84. The Morgan fingerprint density at radius 3 is 2.83 bits per heavy atom. The van der Waals surface area contributed by atoms with Crippen molar-refractivity contribution in [1.29, 1.82) is 0 Å². The monoisotopic (exact) mass is 251 g/mol. The zero-order chi connectivity index (χ0) is 12.4. The van der Waals surface area contributed by atoms with Crippen LogP contribution in [0, 0.1) is 11.7 Å². The van der Waals surface area contributed by atoms with Gasteiger partial charge >= 0.3 is 0 Å². The van der Waals surface area contributed by atoms with Crippen LogP contribution in [0.15, 0.2) is 12.1 Å². The van der Waals surface area contributed by atoms with E-state index in [4.69, 9.17) is 9.47 Å². The van der Waals surface area contributed by atoms with Crippen LogP contribution in [-0.4, -0.2) is 26.3 Å². The van der Waals surface area contributed by atoms with E-state index in [9.17, 15) is 4.39 Å². The number of fused-ring (bicyclic) bond motifs is 1. The summed E-state index contributed by atoms with van der Waals surface area (Å²) in [6.45, 7) is 3.08. The van der Waals surface area contributed by atoms with Crippen LogP contribution in [0.3, 0.4) is 0 Å². The van der Waals surface area contributed by atoms with Gasteiger partial charge in [-0.1, -0.05) is 6.07 Å². The maximum atomic E-state index is 13.6. The van der Waals surface area contributed by atoms with Crippen molar-refractivity contribution in [2.45, 2.75) is 19.3 Å². The maximum absolute atomic E-state index is 13.6. The van der Waals surface area contributed by atoms with E-state index in [0.29, 0.717) is 30.6 Å². The third-order valence-electron chi connectivity index (χ3n) is 3.63. The molecule has 0 amide bonds. The Kier molecular flexibility index (Phi) is 3.37. The molecule has 18 heavy (non-hydrogen) atoms. The number of rotatable bonds is 2. The molecule has 1 aromatic rings. The van der Waals surface area contributed by atoms with Crippen LogP contribution < -0.4 is 14.8 Å². The summed E-state index contributed by atoms with van der Waals surface area (Å²) < 4.78 is 24.6. The summed E-state index contributed by atoms with van der Waals surface area (Å²) in [5.41, 5.74) is 1.07.